The smallest absolute Gasteiger partial charge is 0.326 e. The topological polar surface area (TPSA) is 86.7 Å². The lowest BCUT2D eigenvalue weighted by molar-refractivity contribution is -0.158. The second-order valence-corrected chi connectivity index (χ2v) is 8.52. The van der Waals surface area contributed by atoms with Gasteiger partial charge < -0.3 is 15.3 Å². The number of nitrogens with zero attached hydrogens (tertiary/aromatic N) is 1. The minimum absolute atomic E-state index is 0.0280. The van der Waals surface area contributed by atoms with Crippen molar-refractivity contribution >= 4 is 17.8 Å². The Morgan fingerprint density at radius 3 is 2.45 bits per heavy atom. The highest BCUT2D eigenvalue weighted by atomic mass is 16.4. The van der Waals surface area contributed by atoms with Crippen LogP contribution in [0, 0.1) is 24.7 Å². The molecule has 4 unspecified atom stereocenters. The lowest BCUT2D eigenvalue weighted by Gasteiger charge is -2.40. The summed E-state index contributed by atoms with van der Waals surface area (Å²) < 4.78 is 0. The van der Waals surface area contributed by atoms with Crippen molar-refractivity contribution < 1.29 is 19.5 Å². The highest BCUT2D eigenvalue weighted by Crippen LogP contribution is 2.27. The Hall–Kier alpha value is -2.37. The molecule has 6 heteroatoms. The number of amides is 2. The van der Waals surface area contributed by atoms with Crippen LogP contribution in [0.15, 0.2) is 30.3 Å². The molecule has 1 aromatic carbocycles. The van der Waals surface area contributed by atoms with E-state index in [4.69, 9.17) is 0 Å². The number of benzene rings is 1. The zero-order valence-electron chi connectivity index (χ0n) is 17.6. The molecule has 4 atom stereocenters. The monoisotopic (exact) mass is 401 g/mol. The molecule has 2 rings (SSSR count). The van der Waals surface area contributed by atoms with Gasteiger partial charge in [0.25, 0.3) is 0 Å². The molecular formula is C23H33N2O4. The van der Waals surface area contributed by atoms with Crippen LogP contribution in [0.4, 0.5) is 0 Å². The second-order valence-electron chi connectivity index (χ2n) is 8.52. The molecule has 0 saturated carbocycles. The number of nitrogens with one attached hydrogen (secondary N) is 1. The SMILES string of the molecule is [CH2]C(C(C)CCCC(C)C)C(C(=O)O)N1CC(=O)NC(Cc2ccccc2)C1=O. The van der Waals surface area contributed by atoms with Crippen LogP contribution < -0.4 is 5.32 Å². The summed E-state index contributed by atoms with van der Waals surface area (Å²) in [4.78, 5) is 38.6. The molecule has 2 amide bonds. The molecule has 6 nitrogen and oxygen atoms in total. The van der Waals surface area contributed by atoms with Gasteiger partial charge in [-0.25, -0.2) is 4.79 Å². The Morgan fingerprint density at radius 1 is 1.21 bits per heavy atom. The first-order chi connectivity index (χ1) is 13.7. The van der Waals surface area contributed by atoms with Crippen LogP contribution in [0.1, 0.15) is 45.6 Å². The second kappa shape index (κ2) is 10.4. The summed E-state index contributed by atoms with van der Waals surface area (Å²) in [5.41, 5.74) is 0.910. The van der Waals surface area contributed by atoms with E-state index in [1.165, 1.54) is 4.90 Å². The minimum Gasteiger partial charge on any atom is -0.480 e. The van der Waals surface area contributed by atoms with Gasteiger partial charge in [0.05, 0.1) is 0 Å². The van der Waals surface area contributed by atoms with Gasteiger partial charge in [-0.15, -0.1) is 0 Å². The summed E-state index contributed by atoms with van der Waals surface area (Å²) in [5.74, 6) is -1.68. The summed E-state index contributed by atoms with van der Waals surface area (Å²) in [5, 5.41) is 12.6. The number of carboxylic acids is 1. The first kappa shape index (κ1) is 22.9. The van der Waals surface area contributed by atoms with Crippen LogP contribution in [-0.2, 0) is 20.8 Å². The van der Waals surface area contributed by atoms with Crippen LogP contribution in [0.3, 0.4) is 0 Å². The third kappa shape index (κ3) is 6.31. The van der Waals surface area contributed by atoms with Crippen LogP contribution in [0.5, 0.6) is 0 Å². The van der Waals surface area contributed by atoms with Crippen molar-refractivity contribution in [3.63, 3.8) is 0 Å². The number of hydrogen-bond donors (Lipinski definition) is 2. The van der Waals surface area contributed by atoms with Gasteiger partial charge in [0.1, 0.15) is 18.6 Å². The average molecular weight is 402 g/mol. The molecule has 159 valence electrons. The van der Waals surface area contributed by atoms with Crippen molar-refractivity contribution in [2.45, 2.75) is 58.5 Å². The molecule has 0 aromatic heterocycles. The van der Waals surface area contributed by atoms with E-state index in [9.17, 15) is 19.5 Å². The van der Waals surface area contributed by atoms with Crippen molar-refractivity contribution in [3.8, 4) is 0 Å². The molecule has 1 aliphatic heterocycles. The number of piperazine rings is 1. The Kier molecular flexibility index (Phi) is 8.23. The summed E-state index contributed by atoms with van der Waals surface area (Å²) >= 11 is 0. The maximum Gasteiger partial charge on any atom is 0.326 e. The molecule has 1 saturated heterocycles. The molecular weight excluding hydrogens is 368 g/mol. The predicted octanol–water partition coefficient (Wildman–Crippen LogP) is 2.92. The van der Waals surface area contributed by atoms with E-state index >= 15 is 0 Å². The van der Waals surface area contributed by atoms with Gasteiger partial charge in [0, 0.05) is 6.42 Å². The van der Waals surface area contributed by atoms with E-state index < -0.39 is 24.0 Å². The molecule has 2 N–H and O–H groups in total. The van der Waals surface area contributed by atoms with Crippen molar-refractivity contribution in [3.05, 3.63) is 42.8 Å². The Labute approximate surface area is 173 Å². The first-order valence-electron chi connectivity index (χ1n) is 10.4. The molecule has 1 heterocycles. The van der Waals surface area contributed by atoms with E-state index in [-0.39, 0.29) is 24.3 Å². The maximum absolute atomic E-state index is 13.1. The van der Waals surface area contributed by atoms with E-state index in [2.05, 4.69) is 26.1 Å². The zero-order chi connectivity index (χ0) is 21.6. The van der Waals surface area contributed by atoms with Crippen LogP contribution >= 0.6 is 0 Å². The Balaban J connectivity index is 2.14. The van der Waals surface area contributed by atoms with Gasteiger partial charge in [-0.2, -0.15) is 0 Å². The number of carbonyl (C=O) groups excluding carboxylic acids is 2. The van der Waals surface area contributed by atoms with Gasteiger partial charge in [-0.1, -0.05) is 70.4 Å². The summed E-state index contributed by atoms with van der Waals surface area (Å²) in [6, 6.07) is 7.51. The van der Waals surface area contributed by atoms with E-state index in [0.717, 1.165) is 24.8 Å². The molecule has 0 aliphatic carbocycles. The molecule has 1 radical (unpaired) electrons. The summed E-state index contributed by atoms with van der Waals surface area (Å²) in [6.45, 7) is 10.1. The lowest BCUT2D eigenvalue weighted by Crippen LogP contribution is -2.64. The summed E-state index contributed by atoms with van der Waals surface area (Å²) in [6.07, 6.45) is 3.24. The minimum atomic E-state index is -1.11. The number of aliphatic carboxylic acids is 1. The maximum atomic E-state index is 13.1. The van der Waals surface area contributed by atoms with E-state index in [1.54, 1.807) is 0 Å². The van der Waals surface area contributed by atoms with Gasteiger partial charge in [-0.05, 0) is 30.2 Å². The third-order valence-corrected chi connectivity index (χ3v) is 5.68. The number of carboxylic acid groups (broad SMARTS) is 1. The quantitative estimate of drug-likeness (QED) is 0.631. The molecule has 1 fully saturated rings. The molecule has 1 aliphatic rings. The first-order valence-corrected chi connectivity index (χ1v) is 10.4. The predicted molar refractivity (Wildman–Crippen MR) is 112 cm³/mol. The Morgan fingerprint density at radius 2 is 1.86 bits per heavy atom. The molecule has 0 spiro atoms. The van der Waals surface area contributed by atoms with Gasteiger partial charge in [0.15, 0.2) is 0 Å². The van der Waals surface area contributed by atoms with Crippen molar-refractivity contribution in [2.24, 2.45) is 17.8 Å². The lowest BCUT2D eigenvalue weighted by atomic mass is 9.83. The number of hydrogen-bond acceptors (Lipinski definition) is 3. The van der Waals surface area contributed by atoms with E-state index in [0.29, 0.717) is 12.3 Å². The fourth-order valence-corrected chi connectivity index (χ4v) is 3.88. The van der Waals surface area contributed by atoms with Crippen molar-refractivity contribution in [1.82, 2.24) is 10.2 Å². The number of rotatable bonds is 10. The zero-order valence-corrected chi connectivity index (χ0v) is 17.6. The highest BCUT2D eigenvalue weighted by molar-refractivity contribution is 5.97. The fourth-order valence-electron chi connectivity index (χ4n) is 3.88. The van der Waals surface area contributed by atoms with Crippen molar-refractivity contribution in [1.29, 1.82) is 0 Å². The van der Waals surface area contributed by atoms with Gasteiger partial charge in [-0.3, -0.25) is 9.59 Å². The van der Waals surface area contributed by atoms with Crippen LogP contribution in [-0.4, -0.2) is 46.4 Å². The third-order valence-electron chi connectivity index (χ3n) is 5.68. The highest BCUT2D eigenvalue weighted by Gasteiger charge is 2.42. The standard InChI is InChI=1S/C23H33N2O4/c1-15(2)9-8-10-16(3)17(4)21(23(28)29)25-14-20(26)24-19(22(25)27)13-18-11-6-5-7-12-18/h5-7,11-12,15-17,19,21H,4,8-10,13-14H2,1-3H3,(H,24,26)(H,28,29). The Bertz CT molecular complexity index is 704. The molecule has 0 bridgehead atoms. The van der Waals surface area contributed by atoms with Crippen molar-refractivity contribution in [2.75, 3.05) is 6.54 Å². The van der Waals surface area contributed by atoms with Gasteiger partial charge >= 0.3 is 5.97 Å². The fraction of sp³-hybridized carbons (Fsp3) is 0.565. The van der Waals surface area contributed by atoms with Crippen LogP contribution in [0.25, 0.3) is 0 Å². The molecule has 1 aromatic rings. The summed E-state index contributed by atoms with van der Waals surface area (Å²) in [7, 11) is 0. The van der Waals surface area contributed by atoms with Gasteiger partial charge in [0.2, 0.25) is 11.8 Å². The average Bonchev–Trinajstić information content (AvgIpc) is 2.65. The van der Waals surface area contributed by atoms with Crippen LogP contribution in [0.2, 0.25) is 0 Å². The number of carbonyl (C=O) groups is 3. The van der Waals surface area contributed by atoms with E-state index in [1.807, 2.05) is 37.3 Å². The molecule has 29 heavy (non-hydrogen) atoms. The largest absolute Gasteiger partial charge is 0.480 e. The normalized spacial score (nSPS) is 20.3.